The second kappa shape index (κ2) is 17.6. The van der Waals surface area contributed by atoms with E-state index >= 15 is 0 Å². The van der Waals surface area contributed by atoms with Gasteiger partial charge >= 0.3 is 11.9 Å². The Morgan fingerprint density at radius 2 is 1.25 bits per heavy atom. The summed E-state index contributed by atoms with van der Waals surface area (Å²) in [5.41, 5.74) is 8.27. The molecule has 4 aromatic carbocycles. The minimum Gasteiger partial charge on any atom is -0.423 e. The summed E-state index contributed by atoms with van der Waals surface area (Å²) in [4.78, 5) is 24.0. The van der Waals surface area contributed by atoms with Crippen LogP contribution in [0.4, 0.5) is 0 Å². The van der Waals surface area contributed by atoms with E-state index in [2.05, 4.69) is 50.1 Å². The third-order valence-electron chi connectivity index (χ3n) is 7.97. The SMILES string of the molecule is C=C(CO)C(=O)Oc1ccc(-c2ccc(C#Cc3ccc(-c4ccc(OC(=O)C(=C)CO)cc4CC)cc3)c(CCCCCC)c2)cc1. The zero-order chi connectivity index (χ0) is 34.5. The van der Waals surface area contributed by atoms with Gasteiger partial charge in [0.2, 0.25) is 0 Å². The summed E-state index contributed by atoms with van der Waals surface area (Å²) in [6.45, 7) is 10.4. The molecule has 0 bridgehead atoms. The molecule has 0 spiro atoms. The summed E-state index contributed by atoms with van der Waals surface area (Å²) >= 11 is 0. The van der Waals surface area contributed by atoms with Crippen molar-refractivity contribution in [3.63, 3.8) is 0 Å². The van der Waals surface area contributed by atoms with E-state index in [1.54, 1.807) is 18.2 Å². The first-order valence-electron chi connectivity index (χ1n) is 16.3. The number of rotatable bonds is 14. The summed E-state index contributed by atoms with van der Waals surface area (Å²) in [5, 5.41) is 18.2. The van der Waals surface area contributed by atoms with E-state index in [0.717, 1.165) is 64.6 Å². The Kier molecular flexibility index (Phi) is 13.1. The minimum atomic E-state index is -0.649. The van der Waals surface area contributed by atoms with Gasteiger partial charge in [0.05, 0.1) is 24.4 Å². The second-order valence-electron chi connectivity index (χ2n) is 11.5. The Labute approximate surface area is 283 Å². The summed E-state index contributed by atoms with van der Waals surface area (Å²) in [5.74, 6) is 6.27. The highest BCUT2D eigenvalue weighted by atomic mass is 16.5. The van der Waals surface area contributed by atoms with Crippen molar-refractivity contribution in [1.29, 1.82) is 0 Å². The first kappa shape index (κ1) is 35.6. The first-order chi connectivity index (χ1) is 23.3. The standard InChI is InChI=1S/C42H42O6/c1-5-7-8-9-10-36-25-37(34-19-21-38(22-20-34)47-41(45)29(3)27-43)18-17-33(36)14-11-31-12-15-35(16-13-31)40-24-23-39(26-32(40)6-2)48-42(46)30(4)28-44/h12-13,15-26,43-44H,3-10,27-28H2,1-2H3. The predicted octanol–water partition coefficient (Wildman–Crippen LogP) is 8.01. The van der Waals surface area contributed by atoms with Gasteiger partial charge in [0.25, 0.3) is 0 Å². The second-order valence-corrected chi connectivity index (χ2v) is 11.5. The fraction of sp³-hybridized carbons (Fsp3) is 0.238. The van der Waals surface area contributed by atoms with Gasteiger partial charge in [0, 0.05) is 11.1 Å². The van der Waals surface area contributed by atoms with Crippen LogP contribution >= 0.6 is 0 Å². The van der Waals surface area contributed by atoms with E-state index in [1.165, 1.54) is 18.4 Å². The minimum absolute atomic E-state index is 0.00374. The fourth-order valence-electron chi connectivity index (χ4n) is 5.13. The van der Waals surface area contributed by atoms with E-state index in [-0.39, 0.29) is 11.1 Å². The summed E-state index contributed by atoms with van der Waals surface area (Å²) in [6.07, 6.45) is 6.29. The zero-order valence-electron chi connectivity index (χ0n) is 27.7. The van der Waals surface area contributed by atoms with Gasteiger partial charge in [-0.25, -0.2) is 9.59 Å². The Morgan fingerprint density at radius 3 is 1.88 bits per heavy atom. The highest BCUT2D eigenvalue weighted by Gasteiger charge is 2.12. The van der Waals surface area contributed by atoms with Crippen molar-refractivity contribution in [1.82, 2.24) is 0 Å². The van der Waals surface area contributed by atoms with E-state index in [9.17, 15) is 9.59 Å². The van der Waals surface area contributed by atoms with Crippen molar-refractivity contribution in [3.8, 4) is 45.6 Å². The van der Waals surface area contributed by atoms with Crippen LogP contribution in [-0.2, 0) is 22.4 Å². The molecule has 0 aliphatic rings. The summed E-state index contributed by atoms with van der Waals surface area (Å²) in [7, 11) is 0. The normalized spacial score (nSPS) is 10.5. The first-order valence-corrected chi connectivity index (χ1v) is 16.3. The molecule has 0 heterocycles. The maximum absolute atomic E-state index is 12.0. The zero-order valence-corrected chi connectivity index (χ0v) is 27.7. The molecule has 0 amide bonds. The van der Waals surface area contributed by atoms with Crippen LogP contribution in [0.2, 0.25) is 0 Å². The van der Waals surface area contributed by atoms with Crippen LogP contribution in [-0.4, -0.2) is 35.4 Å². The Morgan fingerprint density at radius 1 is 0.646 bits per heavy atom. The third-order valence-corrected chi connectivity index (χ3v) is 7.97. The molecular weight excluding hydrogens is 600 g/mol. The van der Waals surface area contributed by atoms with Crippen LogP contribution in [0, 0.1) is 11.8 Å². The largest absolute Gasteiger partial charge is 0.423 e. The molecule has 6 heteroatoms. The predicted molar refractivity (Wildman–Crippen MR) is 191 cm³/mol. The Hall–Kier alpha value is -5.22. The van der Waals surface area contributed by atoms with Gasteiger partial charge in [-0.3, -0.25) is 0 Å². The molecule has 0 aromatic heterocycles. The Balaban J connectivity index is 1.54. The highest BCUT2D eigenvalue weighted by Crippen LogP contribution is 2.29. The maximum atomic E-state index is 12.0. The average molecular weight is 643 g/mol. The van der Waals surface area contributed by atoms with Crippen molar-refractivity contribution in [2.45, 2.75) is 52.4 Å². The van der Waals surface area contributed by atoms with Crippen molar-refractivity contribution < 1.29 is 29.3 Å². The number of aliphatic hydroxyl groups is 2. The van der Waals surface area contributed by atoms with Gasteiger partial charge in [-0.15, -0.1) is 0 Å². The molecule has 4 aromatic rings. The molecule has 48 heavy (non-hydrogen) atoms. The van der Waals surface area contributed by atoms with E-state index in [1.807, 2.05) is 55.5 Å². The van der Waals surface area contributed by atoms with Crippen molar-refractivity contribution in [2.24, 2.45) is 0 Å². The summed E-state index contributed by atoms with van der Waals surface area (Å²) in [6, 6.07) is 27.3. The quantitative estimate of drug-likeness (QED) is 0.0476. The van der Waals surface area contributed by atoms with E-state index < -0.39 is 25.2 Å². The highest BCUT2D eigenvalue weighted by molar-refractivity contribution is 5.90. The molecule has 0 saturated heterocycles. The molecule has 0 radical (unpaired) electrons. The smallest absolute Gasteiger partial charge is 0.341 e. The van der Waals surface area contributed by atoms with Crippen LogP contribution in [0.15, 0.2) is 109 Å². The van der Waals surface area contributed by atoms with Crippen LogP contribution in [0.3, 0.4) is 0 Å². The molecule has 0 fully saturated rings. The fourth-order valence-corrected chi connectivity index (χ4v) is 5.13. The average Bonchev–Trinajstić information content (AvgIpc) is 3.12. The van der Waals surface area contributed by atoms with E-state index in [4.69, 9.17) is 19.7 Å². The number of hydrogen-bond acceptors (Lipinski definition) is 6. The number of esters is 2. The summed E-state index contributed by atoms with van der Waals surface area (Å²) < 4.78 is 10.6. The van der Waals surface area contributed by atoms with E-state index in [0.29, 0.717) is 11.5 Å². The van der Waals surface area contributed by atoms with Crippen LogP contribution in [0.1, 0.15) is 61.8 Å². The maximum Gasteiger partial charge on any atom is 0.341 e. The molecule has 0 unspecified atom stereocenters. The number of carbonyl (C=O) groups excluding carboxylic acids is 2. The number of hydrogen-bond donors (Lipinski definition) is 2. The number of ether oxygens (including phenoxy) is 2. The van der Waals surface area contributed by atoms with Gasteiger partial charge in [0.1, 0.15) is 11.5 Å². The third kappa shape index (κ3) is 9.65. The lowest BCUT2D eigenvalue weighted by molar-refractivity contribution is -0.131. The van der Waals surface area contributed by atoms with Gasteiger partial charge in [0.15, 0.2) is 0 Å². The molecule has 0 aliphatic heterocycles. The molecular formula is C42H42O6. The topological polar surface area (TPSA) is 93.1 Å². The van der Waals surface area contributed by atoms with Crippen LogP contribution in [0.25, 0.3) is 22.3 Å². The molecule has 6 nitrogen and oxygen atoms in total. The number of aryl methyl sites for hydroxylation is 2. The van der Waals surface area contributed by atoms with Crippen molar-refractivity contribution >= 4 is 11.9 Å². The molecule has 246 valence electrons. The van der Waals surface area contributed by atoms with Gasteiger partial charge in [-0.2, -0.15) is 0 Å². The van der Waals surface area contributed by atoms with Gasteiger partial charge in [-0.05, 0) is 101 Å². The number of carbonyl (C=O) groups is 2. The lowest BCUT2D eigenvalue weighted by Crippen LogP contribution is -2.13. The monoisotopic (exact) mass is 642 g/mol. The molecule has 2 N–H and O–H groups in total. The van der Waals surface area contributed by atoms with Gasteiger partial charge < -0.3 is 19.7 Å². The molecule has 0 saturated carbocycles. The molecule has 0 aliphatic carbocycles. The number of unbranched alkanes of at least 4 members (excludes halogenated alkanes) is 3. The van der Waals surface area contributed by atoms with Crippen molar-refractivity contribution in [2.75, 3.05) is 13.2 Å². The molecule has 4 rings (SSSR count). The van der Waals surface area contributed by atoms with Crippen LogP contribution in [0.5, 0.6) is 11.5 Å². The lowest BCUT2D eigenvalue weighted by atomic mass is 9.95. The lowest BCUT2D eigenvalue weighted by Gasteiger charge is -2.12. The van der Waals surface area contributed by atoms with Gasteiger partial charge in [-0.1, -0.05) is 94.5 Å². The van der Waals surface area contributed by atoms with Crippen molar-refractivity contribution in [3.05, 3.63) is 131 Å². The molecule has 0 atom stereocenters. The number of benzene rings is 4. The Bertz CT molecular complexity index is 1820. The van der Waals surface area contributed by atoms with Crippen LogP contribution < -0.4 is 9.47 Å². The number of aliphatic hydroxyl groups excluding tert-OH is 2.